The lowest BCUT2D eigenvalue weighted by Crippen LogP contribution is -2.14. The highest BCUT2D eigenvalue weighted by atomic mass is 31.2. The Kier molecular flexibility index (Phi) is 5.96. The van der Waals surface area contributed by atoms with E-state index in [-0.39, 0.29) is 11.3 Å². The molecule has 0 unspecified atom stereocenters. The first-order chi connectivity index (χ1) is 13.1. The second-order valence-corrected chi connectivity index (χ2v) is 7.75. The predicted molar refractivity (Wildman–Crippen MR) is 104 cm³/mol. The van der Waals surface area contributed by atoms with Crippen molar-refractivity contribution in [3.05, 3.63) is 60.2 Å². The maximum absolute atomic E-state index is 12.9. The molecule has 1 heterocycles. The molecule has 0 saturated heterocycles. The molecule has 0 aliphatic carbocycles. The van der Waals surface area contributed by atoms with Gasteiger partial charge in [0.05, 0.1) is 7.11 Å². The second kappa shape index (κ2) is 8.39. The van der Waals surface area contributed by atoms with Gasteiger partial charge in [-0.1, -0.05) is 30.3 Å². The Morgan fingerprint density at radius 3 is 2.26 bits per heavy atom. The number of nitrogens with zero attached hydrogens (tertiary/aromatic N) is 1. The van der Waals surface area contributed by atoms with Crippen molar-refractivity contribution in [1.82, 2.24) is 4.98 Å². The summed E-state index contributed by atoms with van der Waals surface area (Å²) in [4.78, 5) is 4.37. The van der Waals surface area contributed by atoms with Gasteiger partial charge in [0.2, 0.25) is 17.2 Å². The Bertz CT molecular complexity index is 917. The van der Waals surface area contributed by atoms with Crippen molar-refractivity contribution < 1.29 is 22.8 Å². The Hall–Kier alpha value is -2.60. The highest BCUT2D eigenvalue weighted by Crippen LogP contribution is 2.47. The number of nitrogens with one attached hydrogen (secondary N) is 1. The fourth-order valence-corrected chi connectivity index (χ4v) is 3.57. The van der Waals surface area contributed by atoms with E-state index < -0.39 is 7.60 Å². The van der Waals surface area contributed by atoms with E-state index in [2.05, 4.69) is 10.3 Å². The van der Waals surface area contributed by atoms with Gasteiger partial charge in [0, 0.05) is 26.3 Å². The normalized spacial score (nSPS) is 11.4. The average molecular weight is 388 g/mol. The first-order valence-corrected chi connectivity index (χ1v) is 9.79. The van der Waals surface area contributed by atoms with Gasteiger partial charge < -0.3 is 23.5 Å². The molecule has 0 spiro atoms. The topological polar surface area (TPSA) is 82.8 Å². The fourth-order valence-electron chi connectivity index (χ4n) is 2.49. The van der Waals surface area contributed by atoms with Gasteiger partial charge >= 0.3 is 7.60 Å². The van der Waals surface area contributed by atoms with E-state index >= 15 is 0 Å². The van der Waals surface area contributed by atoms with Crippen molar-refractivity contribution in [3.63, 3.8) is 0 Å². The predicted octanol–water partition coefficient (Wildman–Crippen LogP) is 4.07. The molecule has 0 saturated carbocycles. The average Bonchev–Trinajstić information content (AvgIpc) is 3.17. The van der Waals surface area contributed by atoms with Crippen molar-refractivity contribution in [2.24, 2.45) is 0 Å². The van der Waals surface area contributed by atoms with Crippen LogP contribution in [0.15, 0.2) is 59.0 Å². The monoisotopic (exact) mass is 388 g/mol. The van der Waals surface area contributed by atoms with Gasteiger partial charge in [-0.05, 0) is 29.8 Å². The van der Waals surface area contributed by atoms with Gasteiger partial charge in [0.15, 0.2) is 0 Å². The molecule has 0 radical (unpaired) electrons. The molecule has 1 aromatic heterocycles. The van der Waals surface area contributed by atoms with Gasteiger partial charge in [-0.3, -0.25) is 4.57 Å². The SMILES string of the molecule is COc1ccc(CNc2oc(-c3ccccc3)nc2P(=O)(OC)OC)cc1. The van der Waals surface area contributed by atoms with Crippen LogP contribution < -0.4 is 15.5 Å². The van der Waals surface area contributed by atoms with Crippen LogP contribution in [0.4, 0.5) is 5.88 Å². The van der Waals surface area contributed by atoms with Gasteiger partial charge in [-0.15, -0.1) is 0 Å². The number of methoxy groups -OCH3 is 1. The summed E-state index contributed by atoms with van der Waals surface area (Å²) in [7, 11) is 0.653. The Morgan fingerprint density at radius 2 is 1.67 bits per heavy atom. The number of anilines is 1. The maximum atomic E-state index is 12.9. The summed E-state index contributed by atoms with van der Waals surface area (Å²) in [6, 6.07) is 16.9. The van der Waals surface area contributed by atoms with E-state index in [1.165, 1.54) is 14.2 Å². The van der Waals surface area contributed by atoms with E-state index in [4.69, 9.17) is 18.2 Å². The molecule has 8 heteroatoms. The van der Waals surface area contributed by atoms with Gasteiger partial charge in [-0.2, -0.15) is 4.98 Å². The third-order valence-corrected chi connectivity index (χ3v) is 5.77. The number of ether oxygens (including phenoxy) is 1. The Balaban J connectivity index is 1.91. The molecule has 3 rings (SSSR count). The molecule has 0 aliphatic rings. The summed E-state index contributed by atoms with van der Waals surface area (Å²) < 4.78 is 34.1. The molecule has 0 fully saturated rings. The van der Waals surface area contributed by atoms with Crippen LogP contribution in [0, 0.1) is 0 Å². The van der Waals surface area contributed by atoms with Gasteiger partial charge in [-0.25, -0.2) is 0 Å². The molecular weight excluding hydrogens is 367 g/mol. The molecule has 27 heavy (non-hydrogen) atoms. The van der Waals surface area contributed by atoms with Crippen molar-refractivity contribution >= 4 is 18.9 Å². The van der Waals surface area contributed by atoms with Crippen molar-refractivity contribution in [2.75, 3.05) is 26.6 Å². The van der Waals surface area contributed by atoms with Crippen LogP contribution in [0.3, 0.4) is 0 Å². The number of aromatic nitrogens is 1. The lowest BCUT2D eigenvalue weighted by molar-refractivity contribution is 0.286. The summed E-state index contributed by atoms with van der Waals surface area (Å²) in [5.74, 6) is 1.35. The number of rotatable bonds is 8. The lowest BCUT2D eigenvalue weighted by Gasteiger charge is -2.12. The number of hydrogen-bond donors (Lipinski definition) is 1. The zero-order valence-corrected chi connectivity index (χ0v) is 16.2. The molecule has 142 valence electrons. The quantitative estimate of drug-likeness (QED) is 0.582. The number of hydrogen-bond acceptors (Lipinski definition) is 7. The standard InChI is InChI=1S/C19H21N2O5P/c1-23-16-11-9-14(10-12-16)13-20-18-19(27(22,24-2)25-3)21-17(26-18)15-7-5-4-6-8-15/h4-12,20H,13H2,1-3H3. The molecule has 2 aromatic carbocycles. The Morgan fingerprint density at radius 1 is 1.00 bits per heavy atom. The molecule has 0 amide bonds. The van der Waals surface area contributed by atoms with E-state index in [1.54, 1.807) is 7.11 Å². The molecule has 1 N–H and O–H groups in total. The lowest BCUT2D eigenvalue weighted by atomic mass is 10.2. The first-order valence-electron chi connectivity index (χ1n) is 8.24. The van der Waals surface area contributed by atoms with Crippen LogP contribution in [-0.2, 0) is 20.2 Å². The summed E-state index contributed by atoms with van der Waals surface area (Å²) >= 11 is 0. The molecule has 0 aliphatic heterocycles. The third-order valence-electron chi connectivity index (χ3n) is 3.98. The minimum absolute atomic E-state index is 0.111. The zero-order chi connectivity index (χ0) is 19.3. The molecule has 0 atom stereocenters. The van der Waals surface area contributed by atoms with Crippen LogP contribution in [0.5, 0.6) is 5.75 Å². The summed E-state index contributed by atoms with van der Waals surface area (Å²) in [6.45, 7) is 0.438. The van der Waals surface area contributed by atoms with Crippen LogP contribution in [0.2, 0.25) is 0 Å². The largest absolute Gasteiger partial charge is 0.497 e. The summed E-state index contributed by atoms with van der Waals surface area (Å²) in [5, 5.41) is 3.13. The summed E-state index contributed by atoms with van der Waals surface area (Å²) in [6.07, 6.45) is 0. The molecular formula is C19H21N2O5P. The molecule has 3 aromatic rings. The highest BCUT2D eigenvalue weighted by Gasteiger charge is 2.34. The zero-order valence-electron chi connectivity index (χ0n) is 15.3. The third kappa shape index (κ3) is 4.22. The minimum Gasteiger partial charge on any atom is -0.497 e. The van der Waals surface area contributed by atoms with Crippen LogP contribution in [0.25, 0.3) is 11.5 Å². The van der Waals surface area contributed by atoms with E-state index in [1.807, 2.05) is 54.6 Å². The number of benzene rings is 2. The first kappa shape index (κ1) is 19.2. The molecule has 0 bridgehead atoms. The Labute approximate surface area is 157 Å². The van der Waals surface area contributed by atoms with Crippen LogP contribution in [-0.4, -0.2) is 26.3 Å². The second-order valence-electron chi connectivity index (χ2n) is 5.60. The van der Waals surface area contributed by atoms with Crippen LogP contribution in [0.1, 0.15) is 5.56 Å². The van der Waals surface area contributed by atoms with Gasteiger partial charge in [0.25, 0.3) is 0 Å². The van der Waals surface area contributed by atoms with Crippen molar-refractivity contribution in [1.29, 1.82) is 0 Å². The smallest absolute Gasteiger partial charge is 0.384 e. The van der Waals surface area contributed by atoms with E-state index in [9.17, 15) is 4.57 Å². The van der Waals surface area contributed by atoms with Gasteiger partial charge in [0.1, 0.15) is 5.75 Å². The summed E-state index contributed by atoms with van der Waals surface area (Å²) in [5.41, 5.74) is 1.86. The maximum Gasteiger partial charge on any atom is 0.384 e. The minimum atomic E-state index is -3.59. The highest BCUT2D eigenvalue weighted by molar-refractivity contribution is 7.62. The van der Waals surface area contributed by atoms with Crippen LogP contribution >= 0.6 is 7.60 Å². The number of oxazole rings is 1. The fraction of sp³-hybridized carbons (Fsp3) is 0.211. The van der Waals surface area contributed by atoms with Crippen molar-refractivity contribution in [2.45, 2.75) is 6.54 Å². The van der Waals surface area contributed by atoms with E-state index in [0.717, 1.165) is 16.9 Å². The van der Waals surface area contributed by atoms with Crippen molar-refractivity contribution in [3.8, 4) is 17.2 Å². The molecule has 7 nitrogen and oxygen atoms in total. The van der Waals surface area contributed by atoms with E-state index in [0.29, 0.717) is 12.4 Å².